The SMILES string of the molecule is CC1CC(C)(C)C(C)(c2ccccc2)C1. The number of hydrogen-bond donors (Lipinski definition) is 0. The largest absolute Gasteiger partial charge is 0.0625 e. The van der Waals surface area contributed by atoms with Gasteiger partial charge < -0.3 is 0 Å². The zero-order chi connectivity index (χ0) is 11.1. The smallest absolute Gasteiger partial charge is 0.00215 e. The Morgan fingerprint density at radius 1 is 1.00 bits per heavy atom. The van der Waals surface area contributed by atoms with Crippen molar-refractivity contribution in [3.8, 4) is 0 Å². The number of benzene rings is 1. The van der Waals surface area contributed by atoms with Gasteiger partial charge in [0.15, 0.2) is 0 Å². The van der Waals surface area contributed by atoms with E-state index >= 15 is 0 Å². The summed E-state index contributed by atoms with van der Waals surface area (Å²) in [6.45, 7) is 9.66. The maximum Gasteiger partial charge on any atom is -0.00215 e. The van der Waals surface area contributed by atoms with E-state index in [9.17, 15) is 0 Å². The van der Waals surface area contributed by atoms with Crippen LogP contribution in [0.15, 0.2) is 30.3 Å². The maximum atomic E-state index is 2.44. The zero-order valence-corrected chi connectivity index (χ0v) is 10.4. The van der Waals surface area contributed by atoms with E-state index < -0.39 is 0 Å². The van der Waals surface area contributed by atoms with Crippen LogP contribution in [0.4, 0.5) is 0 Å². The third-order valence-electron chi connectivity index (χ3n) is 4.52. The van der Waals surface area contributed by atoms with Crippen molar-refractivity contribution < 1.29 is 0 Å². The summed E-state index contributed by atoms with van der Waals surface area (Å²) in [7, 11) is 0. The van der Waals surface area contributed by atoms with E-state index in [1.54, 1.807) is 0 Å². The van der Waals surface area contributed by atoms with Gasteiger partial charge in [-0.2, -0.15) is 0 Å². The Kier molecular flexibility index (Phi) is 2.41. The predicted octanol–water partition coefficient (Wildman–Crippen LogP) is 4.40. The molecule has 0 amide bonds. The van der Waals surface area contributed by atoms with Gasteiger partial charge in [-0.25, -0.2) is 0 Å². The number of rotatable bonds is 1. The van der Waals surface area contributed by atoms with Crippen molar-refractivity contribution in [1.29, 1.82) is 0 Å². The standard InChI is InChI=1S/C15H22/c1-12-10-14(2,3)15(4,11-12)13-8-6-5-7-9-13/h5-9,12H,10-11H2,1-4H3. The Morgan fingerprint density at radius 2 is 1.60 bits per heavy atom. The van der Waals surface area contributed by atoms with Crippen LogP contribution in [0.1, 0.15) is 46.1 Å². The first-order valence-electron chi connectivity index (χ1n) is 6.01. The molecule has 0 aromatic heterocycles. The van der Waals surface area contributed by atoms with Crippen molar-refractivity contribution in [3.05, 3.63) is 35.9 Å². The fourth-order valence-corrected chi connectivity index (χ4v) is 3.46. The summed E-state index contributed by atoms with van der Waals surface area (Å²) in [6, 6.07) is 11.0. The van der Waals surface area contributed by atoms with Crippen molar-refractivity contribution in [2.24, 2.45) is 11.3 Å². The van der Waals surface area contributed by atoms with Crippen molar-refractivity contribution in [3.63, 3.8) is 0 Å². The van der Waals surface area contributed by atoms with E-state index in [1.165, 1.54) is 18.4 Å². The van der Waals surface area contributed by atoms with Crippen LogP contribution in [0, 0.1) is 11.3 Å². The van der Waals surface area contributed by atoms with Crippen LogP contribution in [0.3, 0.4) is 0 Å². The Balaban J connectivity index is 2.43. The fourth-order valence-electron chi connectivity index (χ4n) is 3.46. The Bertz CT molecular complexity index is 336. The second-order valence-corrected chi connectivity index (χ2v) is 6.10. The van der Waals surface area contributed by atoms with Crippen LogP contribution in [-0.4, -0.2) is 0 Å². The molecule has 2 atom stereocenters. The molecule has 0 heteroatoms. The minimum atomic E-state index is 0.355. The molecule has 1 saturated carbocycles. The van der Waals surface area contributed by atoms with Crippen molar-refractivity contribution in [2.45, 2.75) is 46.0 Å². The molecule has 0 N–H and O–H groups in total. The quantitative estimate of drug-likeness (QED) is 0.633. The van der Waals surface area contributed by atoms with Crippen LogP contribution in [0.5, 0.6) is 0 Å². The zero-order valence-electron chi connectivity index (χ0n) is 10.4. The summed E-state index contributed by atoms with van der Waals surface area (Å²) in [4.78, 5) is 0. The highest BCUT2D eigenvalue weighted by Gasteiger charge is 2.48. The van der Waals surface area contributed by atoms with Crippen LogP contribution in [0.2, 0.25) is 0 Å². The van der Waals surface area contributed by atoms with Crippen LogP contribution < -0.4 is 0 Å². The lowest BCUT2D eigenvalue weighted by Gasteiger charge is -2.39. The lowest BCUT2D eigenvalue weighted by molar-refractivity contribution is 0.224. The molecule has 15 heavy (non-hydrogen) atoms. The normalized spacial score (nSPS) is 34.3. The summed E-state index contributed by atoms with van der Waals surface area (Å²) in [6.07, 6.45) is 2.67. The first-order valence-corrected chi connectivity index (χ1v) is 6.01. The Hall–Kier alpha value is -0.780. The number of hydrogen-bond acceptors (Lipinski definition) is 0. The predicted molar refractivity (Wildman–Crippen MR) is 66.0 cm³/mol. The molecule has 0 heterocycles. The lowest BCUT2D eigenvalue weighted by atomic mass is 9.65. The van der Waals surface area contributed by atoms with E-state index in [1.807, 2.05) is 0 Å². The molecule has 0 nitrogen and oxygen atoms in total. The maximum absolute atomic E-state index is 2.44. The van der Waals surface area contributed by atoms with E-state index in [2.05, 4.69) is 58.0 Å². The third kappa shape index (κ3) is 1.60. The third-order valence-corrected chi connectivity index (χ3v) is 4.52. The average molecular weight is 202 g/mol. The highest BCUT2D eigenvalue weighted by Crippen LogP contribution is 2.55. The van der Waals surface area contributed by atoms with Gasteiger partial charge in [-0.05, 0) is 35.2 Å². The van der Waals surface area contributed by atoms with Crippen LogP contribution in [-0.2, 0) is 5.41 Å². The van der Waals surface area contributed by atoms with Gasteiger partial charge in [-0.3, -0.25) is 0 Å². The molecule has 2 rings (SSSR count). The molecule has 0 aliphatic heterocycles. The summed E-state index contributed by atoms with van der Waals surface area (Å²) in [5.74, 6) is 0.852. The van der Waals surface area contributed by atoms with Gasteiger partial charge in [0.25, 0.3) is 0 Å². The van der Waals surface area contributed by atoms with Gasteiger partial charge >= 0.3 is 0 Å². The minimum Gasteiger partial charge on any atom is -0.0625 e. The van der Waals surface area contributed by atoms with Gasteiger partial charge in [0, 0.05) is 0 Å². The summed E-state index contributed by atoms with van der Waals surface area (Å²) >= 11 is 0. The van der Waals surface area contributed by atoms with Crippen molar-refractivity contribution >= 4 is 0 Å². The van der Waals surface area contributed by atoms with Gasteiger partial charge in [-0.1, -0.05) is 58.0 Å². The average Bonchev–Trinajstić information content (AvgIpc) is 2.38. The first-order chi connectivity index (χ1) is 6.96. The van der Waals surface area contributed by atoms with Gasteiger partial charge in [0.1, 0.15) is 0 Å². The highest BCUT2D eigenvalue weighted by molar-refractivity contribution is 5.29. The van der Waals surface area contributed by atoms with Crippen molar-refractivity contribution in [1.82, 2.24) is 0 Å². The molecular weight excluding hydrogens is 180 g/mol. The second-order valence-electron chi connectivity index (χ2n) is 6.10. The van der Waals surface area contributed by atoms with Gasteiger partial charge in [0.05, 0.1) is 0 Å². The monoisotopic (exact) mass is 202 g/mol. The molecule has 0 spiro atoms. The van der Waals surface area contributed by atoms with E-state index in [-0.39, 0.29) is 0 Å². The summed E-state index contributed by atoms with van der Waals surface area (Å²) in [5.41, 5.74) is 2.29. The molecular formula is C15H22. The van der Waals surface area contributed by atoms with Crippen LogP contribution in [0.25, 0.3) is 0 Å². The lowest BCUT2D eigenvalue weighted by Crippen LogP contribution is -2.33. The minimum absolute atomic E-state index is 0.355. The first kappa shape index (κ1) is 10.7. The molecule has 82 valence electrons. The molecule has 0 bridgehead atoms. The summed E-state index contributed by atoms with van der Waals surface area (Å²) < 4.78 is 0. The topological polar surface area (TPSA) is 0 Å². The van der Waals surface area contributed by atoms with Gasteiger partial charge in [0.2, 0.25) is 0 Å². The van der Waals surface area contributed by atoms with Crippen molar-refractivity contribution in [2.75, 3.05) is 0 Å². The van der Waals surface area contributed by atoms with Gasteiger partial charge in [-0.15, -0.1) is 0 Å². The molecule has 1 fully saturated rings. The molecule has 1 aromatic rings. The summed E-state index contributed by atoms with van der Waals surface area (Å²) in [5, 5.41) is 0. The van der Waals surface area contributed by atoms with E-state index in [0.717, 1.165) is 5.92 Å². The highest BCUT2D eigenvalue weighted by atomic mass is 14.5. The fraction of sp³-hybridized carbons (Fsp3) is 0.600. The van der Waals surface area contributed by atoms with Crippen LogP contribution >= 0.6 is 0 Å². The van der Waals surface area contributed by atoms with E-state index in [4.69, 9.17) is 0 Å². The molecule has 0 radical (unpaired) electrons. The molecule has 1 aromatic carbocycles. The second kappa shape index (κ2) is 3.37. The molecule has 1 aliphatic carbocycles. The van der Waals surface area contributed by atoms with E-state index in [0.29, 0.717) is 10.8 Å². The molecule has 2 unspecified atom stereocenters. The molecule has 0 saturated heterocycles. The Morgan fingerprint density at radius 3 is 2.07 bits per heavy atom. The Labute approximate surface area is 93.7 Å². The molecule has 1 aliphatic rings.